The second-order valence-corrected chi connectivity index (χ2v) is 10.3. The Labute approximate surface area is 188 Å². The quantitative estimate of drug-likeness (QED) is 0.375. The lowest BCUT2D eigenvalue weighted by Gasteiger charge is -2.38. The molecule has 3 unspecified atom stereocenters. The molecule has 5 nitrogen and oxygen atoms in total. The van der Waals surface area contributed by atoms with Crippen molar-refractivity contribution < 1.29 is 24.2 Å². The summed E-state index contributed by atoms with van der Waals surface area (Å²) in [6, 6.07) is 0. The molecule has 0 saturated heterocycles. The number of methoxy groups -OCH3 is 1. The van der Waals surface area contributed by atoms with Crippen molar-refractivity contribution in [3.05, 3.63) is 0 Å². The molecule has 5 heteroatoms. The number of carbonyl (C=O) groups is 2. The van der Waals surface area contributed by atoms with E-state index in [1.54, 1.807) is 0 Å². The molecule has 3 saturated carbocycles. The molecule has 0 aromatic heterocycles. The van der Waals surface area contributed by atoms with Gasteiger partial charge in [0.15, 0.2) is 0 Å². The average Bonchev–Trinajstić information content (AvgIpc) is 2.81. The summed E-state index contributed by atoms with van der Waals surface area (Å²) in [4.78, 5) is 24.2. The third-order valence-corrected chi connectivity index (χ3v) is 8.23. The zero-order valence-corrected chi connectivity index (χ0v) is 19.6. The minimum atomic E-state index is -0.554. The van der Waals surface area contributed by atoms with Crippen LogP contribution < -0.4 is 0 Å². The van der Waals surface area contributed by atoms with Crippen molar-refractivity contribution in [3.63, 3.8) is 0 Å². The van der Waals surface area contributed by atoms with E-state index in [-0.39, 0.29) is 23.9 Å². The standard InChI is InChI=1S/C26H44O5/c1-30-25(28)10-6-3-7-17-31-22-15-16-23(24(27)18-22)26(29)21-13-11-20(12-14-21)19-8-4-2-5-9-19/h19-24,27H,2-18H2,1H3. The molecule has 1 N–H and O–H groups in total. The van der Waals surface area contributed by atoms with Gasteiger partial charge in [-0.25, -0.2) is 0 Å². The summed E-state index contributed by atoms with van der Waals surface area (Å²) in [5.74, 6) is 1.91. The molecule has 0 spiro atoms. The monoisotopic (exact) mass is 436 g/mol. The van der Waals surface area contributed by atoms with Crippen molar-refractivity contribution in [2.45, 2.75) is 115 Å². The van der Waals surface area contributed by atoms with Crippen LogP contribution in [0.25, 0.3) is 0 Å². The van der Waals surface area contributed by atoms with Gasteiger partial charge in [0.1, 0.15) is 5.78 Å². The number of esters is 1. The largest absolute Gasteiger partial charge is 0.469 e. The molecule has 3 aliphatic carbocycles. The number of ketones is 1. The van der Waals surface area contributed by atoms with E-state index in [2.05, 4.69) is 4.74 Å². The number of aliphatic hydroxyl groups is 1. The fourth-order valence-electron chi connectivity index (χ4n) is 6.28. The Morgan fingerprint density at radius 1 is 0.839 bits per heavy atom. The highest BCUT2D eigenvalue weighted by Gasteiger charge is 2.39. The second-order valence-electron chi connectivity index (χ2n) is 10.3. The van der Waals surface area contributed by atoms with Gasteiger partial charge < -0.3 is 14.6 Å². The molecule has 0 amide bonds. The molecular weight excluding hydrogens is 392 g/mol. The van der Waals surface area contributed by atoms with Crippen LogP contribution in [0.2, 0.25) is 0 Å². The highest BCUT2D eigenvalue weighted by Crippen LogP contribution is 2.41. The molecule has 0 bridgehead atoms. The van der Waals surface area contributed by atoms with Crippen molar-refractivity contribution in [1.29, 1.82) is 0 Å². The highest BCUT2D eigenvalue weighted by molar-refractivity contribution is 5.84. The van der Waals surface area contributed by atoms with Gasteiger partial charge in [0.05, 0.1) is 19.3 Å². The first kappa shape index (κ1) is 24.7. The van der Waals surface area contributed by atoms with Crippen LogP contribution in [-0.2, 0) is 19.1 Å². The lowest BCUT2D eigenvalue weighted by Crippen LogP contribution is -2.41. The summed E-state index contributed by atoms with van der Waals surface area (Å²) >= 11 is 0. The molecule has 3 aliphatic rings. The molecule has 31 heavy (non-hydrogen) atoms. The van der Waals surface area contributed by atoms with Crippen LogP contribution in [0.15, 0.2) is 0 Å². The maximum absolute atomic E-state index is 13.1. The third kappa shape index (κ3) is 7.56. The normalized spacial score (nSPS) is 32.5. The molecular formula is C26H44O5. The molecule has 0 heterocycles. The highest BCUT2D eigenvalue weighted by atomic mass is 16.5. The van der Waals surface area contributed by atoms with Gasteiger partial charge >= 0.3 is 5.97 Å². The van der Waals surface area contributed by atoms with Crippen LogP contribution in [-0.4, -0.2) is 42.8 Å². The van der Waals surface area contributed by atoms with Crippen LogP contribution in [0, 0.1) is 23.7 Å². The first-order valence-corrected chi connectivity index (χ1v) is 13.0. The number of Topliss-reactive ketones (excluding diaryl/α,β-unsaturated/α-hetero) is 1. The molecule has 3 fully saturated rings. The number of aliphatic hydroxyl groups excluding tert-OH is 1. The van der Waals surface area contributed by atoms with Crippen LogP contribution in [0.4, 0.5) is 0 Å². The maximum atomic E-state index is 13.1. The fraction of sp³-hybridized carbons (Fsp3) is 0.923. The summed E-state index contributed by atoms with van der Waals surface area (Å²) < 4.78 is 10.6. The molecule has 0 aliphatic heterocycles. The number of unbranched alkanes of at least 4 members (excludes halogenated alkanes) is 2. The Kier molecular flexibility index (Phi) is 10.3. The second kappa shape index (κ2) is 12.9. The number of hydrogen-bond donors (Lipinski definition) is 1. The Morgan fingerprint density at radius 2 is 1.55 bits per heavy atom. The van der Waals surface area contributed by atoms with Crippen molar-refractivity contribution in [2.24, 2.45) is 23.7 Å². The van der Waals surface area contributed by atoms with E-state index in [1.165, 1.54) is 52.1 Å². The third-order valence-electron chi connectivity index (χ3n) is 8.23. The van der Waals surface area contributed by atoms with Crippen molar-refractivity contribution in [3.8, 4) is 0 Å². The zero-order valence-electron chi connectivity index (χ0n) is 19.6. The molecule has 0 aromatic rings. The maximum Gasteiger partial charge on any atom is 0.305 e. The van der Waals surface area contributed by atoms with Gasteiger partial charge in [-0.15, -0.1) is 0 Å². The number of ether oxygens (including phenoxy) is 2. The number of hydrogen-bond acceptors (Lipinski definition) is 5. The van der Waals surface area contributed by atoms with E-state index < -0.39 is 6.10 Å². The Morgan fingerprint density at radius 3 is 2.23 bits per heavy atom. The Balaban J connectivity index is 1.31. The van der Waals surface area contributed by atoms with Gasteiger partial charge in [-0.3, -0.25) is 9.59 Å². The van der Waals surface area contributed by atoms with Crippen molar-refractivity contribution in [2.75, 3.05) is 13.7 Å². The van der Waals surface area contributed by atoms with Gasteiger partial charge in [0.2, 0.25) is 0 Å². The summed E-state index contributed by atoms with van der Waals surface area (Å²) in [5, 5.41) is 10.7. The molecule has 0 aromatic carbocycles. The van der Waals surface area contributed by atoms with Crippen molar-refractivity contribution >= 4 is 11.8 Å². The lowest BCUT2D eigenvalue weighted by atomic mass is 9.68. The topological polar surface area (TPSA) is 72.8 Å². The number of rotatable bonds is 10. The summed E-state index contributed by atoms with van der Waals surface area (Å²) in [6.07, 6.45) is 16.4. The van der Waals surface area contributed by atoms with Gasteiger partial charge in [-0.2, -0.15) is 0 Å². The van der Waals surface area contributed by atoms with Crippen LogP contribution in [0.3, 0.4) is 0 Å². The SMILES string of the molecule is COC(=O)CCCCCOC1CCC(C(=O)C2CCC(C3CCCCC3)CC2)C(O)C1. The average molecular weight is 437 g/mol. The summed E-state index contributed by atoms with van der Waals surface area (Å²) in [5.41, 5.74) is 0. The van der Waals surface area contributed by atoms with Crippen molar-refractivity contribution in [1.82, 2.24) is 0 Å². The van der Waals surface area contributed by atoms with E-state index in [0.29, 0.717) is 25.2 Å². The van der Waals surface area contributed by atoms with E-state index >= 15 is 0 Å². The lowest BCUT2D eigenvalue weighted by molar-refractivity contribution is -0.141. The number of carbonyl (C=O) groups excluding carboxylic acids is 2. The van der Waals surface area contributed by atoms with E-state index in [0.717, 1.165) is 56.8 Å². The minimum Gasteiger partial charge on any atom is -0.469 e. The van der Waals surface area contributed by atoms with Gasteiger partial charge in [-0.1, -0.05) is 38.5 Å². The first-order valence-electron chi connectivity index (χ1n) is 13.0. The summed E-state index contributed by atoms with van der Waals surface area (Å²) in [7, 11) is 1.42. The Bertz CT molecular complexity index is 548. The minimum absolute atomic E-state index is 0.0571. The van der Waals surface area contributed by atoms with Crippen LogP contribution >= 0.6 is 0 Å². The zero-order chi connectivity index (χ0) is 22.1. The van der Waals surface area contributed by atoms with E-state index in [4.69, 9.17) is 4.74 Å². The predicted molar refractivity (Wildman–Crippen MR) is 121 cm³/mol. The van der Waals surface area contributed by atoms with Gasteiger partial charge in [-0.05, 0) is 63.2 Å². The summed E-state index contributed by atoms with van der Waals surface area (Å²) in [6.45, 7) is 0.655. The van der Waals surface area contributed by atoms with E-state index in [9.17, 15) is 14.7 Å². The molecule has 3 rings (SSSR count). The first-order chi connectivity index (χ1) is 15.1. The van der Waals surface area contributed by atoms with Crippen LogP contribution in [0.1, 0.15) is 103 Å². The fourth-order valence-corrected chi connectivity index (χ4v) is 6.28. The molecule has 3 atom stereocenters. The Hall–Kier alpha value is -0.940. The molecule has 178 valence electrons. The molecule has 0 radical (unpaired) electrons. The van der Waals surface area contributed by atoms with E-state index in [1.807, 2.05) is 0 Å². The van der Waals surface area contributed by atoms with Gasteiger partial charge in [0.25, 0.3) is 0 Å². The predicted octanol–water partition coefficient (Wildman–Crippen LogP) is 5.22. The van der Waals surface area contributed by atoms with Gasteiger partial charge in [0, 0.05) is 31.3 Å². The smallest absolute Gasteiger partial charge is 0.305 e. The van der Waals surface area contributed by atoms with Crippen LogP contribution in [0.5, 0.6) is 0 Å².